The van der Waals surface area contributed by atoms with Gasteiger partial charge in [-0.1, -0.05) is 11.6 Å². The van der Waals surface area contributed by atoms with Crippen LogP contribution in [0.4, 0.5) is 22.7 Å². The van der Waals surface area contributed by atoms with Gasteiger partial charge in [-0.05, 0) is 36.4 Å². The molecule has 5 nitrogen and oxygen atoms in total. The van der Waals surface area contributed by atoms with Crippen LogP contribution in [0, 0.1) is 0 Å². The topological polar surface area (TPSA) is 90.4 Å². The van der Waals surface area contributed by atoms with Crippen LogP contribution in [-0.4, -0.2) is 13.1 Å². The van der Waals surface area contributed by atoms with Gasteiger partial charge in [-0.2, -0.15) is 0 Å². The molecule has 20 heavy (non-hydrogen) atoms. The molecule has 104 valence electrons. The SMILES string of the molecule is COC(=O)c1ccc(Cl)cc1Nc1ccc(N)cc1N. The van der Waals surface area contributed by atoms with E-state index in [0.717, 1.165) is 0 Å². The third kappa shape index (κ3) is 2.95. The molecule has 0 heterocycles. The maximum absolute atomic E-state index is 11.7. The van der Waals surface area contributed by atoms with Crippen molar-refractivity contribution in [1.82, 2.24) is 0 Å². The Balaban J connectivity index is 2.41. The number of hydrogen-bond acceptors (Lipinski definition) is 5. The van der Waals surface area contributed by atoms with Crippen LogP contribution < -0.4 is 16.8 Å². The second kappa shape index (κ2) is 5.71. The average Bonchev–Trinajstić information content (AvgIpc) is 2.41. The number of nitrogen functional groups attached to an aromatic ring is 2. The number of nitrogens with two attached hydrogens (primary N) is 2. The molecule has 2 aromatic rings. The molecule has 2 aromatic carbocycles. The van der Waals surface area contributed by atoms with Gasteiger partial charge in [-0.25, -0.2) is 4.79 Å². The zero-order chi connectivity index (χ0) is 14.7. The van der Waals surface area contributed by atoms with Crippen LogP contribution in [0.5, 0.6) is 0 Å². The molecule has 0 saturated heterocycles. The molecule has 0 aliphatic heterocycles. The van der Waals surface area contributed by atoms with Gasteiger partial charge in [-0.15, -0.1) is 0 Å². The van der Waals surface area contributed by atoms with Crippen molar-refractivity contribution >= 4 is 40.3 Å². The number of ether oxygens (including phenoxy) is 1. The highest BCUT2D eigenvalue weighted by atomic mass is 35.5. The highest BCUT2D eigenvalue weighted by Crippen LogP contribution is 2.29. The molecular weight excluding hydrogens is 278 g/mol. The van der Waals surface area contributed by atoms with Crippen LogP contribution in [0.25, 0.3) is 0 Å². The van der Waals surface area contributed by atoms with Crippen LogP contribution in [0.1, 0.15) is 10.4 Å². The van der Waals surface area contributed by atoms with E-state index >= 15 is 0 Å². The Bertz CT molecular complexity index is 659. The number of halogens is 1. The third-order valence-electron chi connectivity index (χ3n) is 2.73. The van der Waals surface area contributed by atoms with Crippen molar-refractivity contribution < 1.29 is 9.53 Å². The maximum atomic E-state index is 11.7. The van der Waals surface area contributed by atoms with Crippen molar-refractivity contribution in [3.8, 4) is 0 Å². The van der Waals surface area contributed by atoms with E-state index in [4.69, 9.17) is 27.8 Å². The van der Waals surface area contributed by atoms with Gasteiger partial charge in [0.25, 0.3) is 0 Å². The summed E-state index contributed by atoms with van der Waals surface area (Å²) in [6.45, 7) is 0. The normalized spacial score (nSPS) is 10.1. The summed E-state index contributed by atoms with van der Waals surface area (Å²) in [5.74, 6) is -0.460. The Labute approximate surface area is 121 Å². The summed E-state index contributed by atoms with van der Waals surface area (Å²) in [6, 6.07) is 9.90. The van der Waals surface area contributed by atoms with Crippen LogP contribution >= 0.6 is 11.6 Å². The summed E-state index contributed by atoms with van der Waals surface area (Å²) in [6.07, 6.45) is 0. The summed E-state index contributed by atoms with van der Waals surface area (Å²) in [4.78, 5) is 11.7. The van der Waals surface area contributed by atoms with E-state index in [2.05, 4.69) is 5.32 Å². The Hall–Kier alpha value is -2.40. The molecule has 0 atom stereocenters. The summed E-state index contributed by atoms with van der Waals surface area (Å²) < 4.78 is 4.73. The van der Waals surface area contributed by atoms with Gasteiger partial charge in [0.15, 0.2) is 0 Å². The zero-order valence-corrected chi connectivity index (χ0v) is 11.6. The number of anilines is 4. The second-order valence-electron chi connectivity index (χ2n) is 4.15. The minimum Gasteiger partial charge on any atom is -0.465 e. The van der Waals surface area contributed by atoms with Crippen molar-refractivity contribution in [2.24, 2.45) is 0 Å². The molecule has 0 aliphatic rings. The first-order chi connectivity index (χ1) is 9.51. The molecule has 0 radical (unpaired) electrons. The van der Waals surface area contributed by atoms with E-state index < -0.39 is 5.97 Å². The van der Waals surface area contributed by atoms with Crippen LogP contribution in [0.15, 0.2) is 36.4 Å². The largest absolute Gasteiger partial charge is 0.465 e. The fourth-order valence-electron chi connectivity index (χ4n) is 1.75. The molecule has 6 heteroatoms. The second-order valence-corrected chi connectivity index (χ2v) is 4.59. The van der Waals surface area contributed by atoms with Gasteiger partial charge < -0.3 is 21.5 Å². The van der Waals surface area contributed by atoms with Crippen LogP contribution in [-0.2, 0) is 4.74 Å². The van der Waals surface area contributed by atoms with Crippen molar-refractivity contribution in [2.75, 3.05) is 23.9 Å². The Morgan fingerprint density at radius 2 is 1.90 bits per heavy atom. The lowest BCUT2D eigenvalue weighted by Crippen LogP contribution is -2.06. The lowest BCUT2D eigenvalue weighted by molar-refractivity contribution is 0.0602. The highest BCUT2D eigenvalue weighted by Gasteiger charge is 2.13. The summed E-state index contributed by atoms with van der Waals surface area (Å²) in [5.41, 5.74) is 14.1. The quantitative estimate of drug-likeness (QED) is 0.597. The Kier molecular flexibility index (Phi) is 4.00. The van der Waals surface area contributed by atoms with Gasteiger partial charge in [0, 0.05) is 10.7 Å². The van der Waals surface area contributed by atoms with E-state index in [1.54, 1.807) is 36.4 Å². The van der Waals surface area contributed by atoms with Crippen molar-refractivity contribution in [3.05, 3.63) is 47.0 Å². The molecule has 0 amide bonds. The first kappa shape index (κ1) is 14.0. The van der Waals surface area contributed by atoms with Gasteiger partial charge >= 0.3 is 5.97 Å². The predicted octanol–water partition coefficient (Wildman–Crippen LogP) is 3.03. The fraction of sp³-hybridized carbons (Fsp3) is 0.0714. The van der Waals surface area contributed by atoms with Gasteiger partial charge in [-0.3, -0.25) is 0 Å². The molecular formula is C14H14ClN3O2. The minimum absolute atomic E-state index is 0.369. The number of benzene rings is 2. The lowest BCUT2D eigenvalue weighted by Gasteiger charge is -2.13. The van der Waals surface area contributed by atoms with Crippen molar-refractivity contribution in [2.45, 2.75) is 0 Å². The molecule has 0 spiro atoms. The third-order valence-corrected chi connectivity index (χ3v) is 2.97. The molecule has 5 N–H and O–H groups in total. The number of hydrogen-bond donors (Lipinski definition) is 3. The molecule has 0 aliphatic carbocycles. The van der Waals surface area contributed by atoms with Crippen LogP contribution in [0.3, 0.4) is 0 Å². The van der Waals surface area contributed by atoms with Crippen LogP contribution in [0.2, 0.25) is 5.02 Å². The monoisotopic (exact) mass is 291 g/mol. The predicted molar refractivity (Wildman–Crippen MR) is 81.3 cm³/mol. The molecule has 0 saturated carbocycles. The van der Waals surface area contributed by atoms with Gasteiger partial charge in [0.05, 0.1) is 29.7 Å². The maximum Gasteiger partial charge on any atom is 0.339 e. The Morgan fingerprint density at radius 1 is 1.15 bits per heavy atom. The van der Waals surface area contributed by atoms with E-state index in [1.165, 1.54) is 7.11 Å². The molecule has 0 bridgehead atoms. The summed E-state index contributed by atoms with van der Waals surface area (Å²) in [5, 5.41) is 3.55. The molecule has 0 unspecified atom stereocenters. The smallest absolute Gasteiger partial charge is 0.339 e. The number of rotatable bonds is 3. The lowest BCUT2D eigenvalue weighted by atomic mass is 10.1. The minimum atomic E-state index is -0.460. The first-order valence-corrected chi connectivity index (χ1v) is 6.19. The fourth-order valence-corrected chi connectivity index (χ4v) is 1.92. The molecule has 0 fully saturated rings. The van der Waals surface area contributed by atoms with E-state index in [0.29, 0.717) is 33.3 Å². The summed E-state index contributed by atoms with van der Waals surface area (Å²) in [7, 11) is 1.32. The number of carbonyl (C=O) groups excluding carboxylic acids is 1. The van der Waals surface area contributed by atoms with E-state index in [1.807, 2.05) is 0 Å². The van der Waals surface area contributed by atoms with E-state index in [9.17, 15) is 4.79 Å². The number of methoxy groups -OCH3 is 1. The Morgan fingerprint density at radius 3 is 2.55 bits per heavy atom. The first-order valence-electron chi connectivity index (χ1n) is 5.81. The zero-order valence-electron chi connectivity index (χ0n) is 10.8. The van der Waals surface area contributed by atoms with E-state index in [-0.39, 0.29) is 0 Å². The number of carbonyl (C=O) groups is 1. The molecule has 0 aromatic heterocycles. The standard InChI is InChI=1S/C14H14ClN3O2/c1-20-14(19)10-4-2-8(15)6-13(10)18-12-5-3-9(16)7-11(12)17/h2-7,18H,16-17H2,1H3. The number of esters is 1. The number of nitrogens with one attached hydrogen (secondary N) is 1. The average molecular weight is 292 g/mol. The van der Waals surface area contributed by atoms with Gasteiger partial charge in [0.2, 0.25) is 0 Å². The van der Waals surface area contributed by atoms with Crippen molar-refractivity contribution in [1.29, 1.82) is 0 Å². The van der Waals surface area contributed by atoms with Crippen molar-refractivity contribution in [3.63, 3.8) is 0 Å². The van der Waals surface area contributed by atoms with Gasteiger partial charge in [0.1, 0.15) is 0 Å². The molecule has 2 rings (SSSR count). The summed E-state index contributed by atoms with van der Waals surface area (Å²) >= 11 is 5.95. The highest BCUT2D eigenvalue weighted by molar-refractivity contribution is 6.31.